The second kappa shape index (κ2) is 10.1. The maximum atomic E-state index is 14.3. The number of hydrogen-bond donors (Lipinski definition) is 1. The highest BCUT2D eigenvalue weighted by atomic mass is 19.4. The molecule has 0 radical (unpaired) electrons. The van der Waals surface area contributed by atoms with Gasteiger partial charge in [0.05, 0.1) is 23.9 Å². The van der Waals surface area contributed by atoms with E-state index < -0.39 is 35.2 Å². The predicted octanol–water partition coefficient (Wildman–Crippen LogP) is 5.02. The number of hydrogen-bond acceptors (Lipinski definition) is 4. The predicted molar refractivity (Wildman–Crippen MR) is 145 cm³/mol. The lowest BCUT2D eigenvalue weighted by Crippen LogP contribution is -2.63. The van der Waals surface area contributed by atoms with Crippen molar-refractivity contribution >= 4 is 17.7 Å². The van der Waals surface area contributed by atoms with E-state index in [1.165, 1.54) is 17.0 Å². The minimum Gasteiger partial charge on any atom is -0.337 e. The molecule has 0 bridgehead atoms. The summed E-state index contributed by atoms with van der Waals surface area (Å²) in [6.45, 7) is 2.62. The van der Waals surface area contributed by atoms with E-state index in [0.29, 0.717) is 24.9 Å². The van der Waals surface area contributed by atoms with Gasteiger partial charge in [-0.25, -0.2) is 0 Å². The Balaban J connectivity index is 1.34. The Kier molecular flexibility index (Phi) is 6.72. The summed E-state index contributed by atoms with van der Waals surface area (Å²) < 4.78 is 39.2. The Labute approximate surface area is 236 Å². The van der Waals surface area contributed by atoms with Gasteiger partial charge in [-0.2, -0.15) is 13.2 Å². The first-order chi connectivity index (χ1) is 19.6. The molecule has 0 aromatic heterocycles. The molecule has 3 aliphatic heterocycles. The number of rotatable bonds is 5. The minimum absolute atomic E-state index is 0.114. The molecular weight excluding hydrogens is 531 g/mol. The molecule has 3 aromatic carbocycles. The van der Waals surface area contributed by atoms with Crippen molar-refractivity contribution in [1.82, 2.24) is 15.1 Å². The van der Waals surface area contributed by atoms with E-state index >= 15 is 0 Å². The van der Waals surface area contributed by atoms with Crippen LogP contribution in [0.15, 0.2) is 78.9 Å². The number of fused-ring (bicyclic) bond motifs is 2. The van der Waals surface area contributed by atoms with Crippen molar-refractivity contribution in [3.05, 3.63) is 107 Å². The molecular formula is C32H30F3N3O3. The highest BCUT2D eigenvalue weighted by Crippen LogP contribution is 2.52. The fraction of sp³-hybridized carbons (Fsp3) is 0.344. The van der Waals surface area contributed by atoms with Crippen molar-refractivity contribution in [2.24, 2.45) is 11.8 Å². The third-order valence-electron chi connectivity index (χ3n) is 8.69. The topological polar surface area (TPSA) is 69.7 Å². The Bertz CT molecular complexity index is 1470. The molecule has 0 aliphatic carbocycles. The van der Waals surface area contributed by atoms with Crippen LogP contribution >= 0.6 is 0 Å². The number of benzene rings is 3. The van der Waals surface area contributed by atoms with Gasteiger partial charge in [0, 0.05) is 19.1 Å². The van der Waals surface area contributed by atoms with Crippen LogP contribution in [0.1, 0.15) is 46.7 Å². The standard InChI is InChI=1S/C32H30F3N3O3/c1-20-8-12-23(13-9-20)27-25-26(29(40)38(28(25)39)19-21-6-3-2-4-7-21)31(36-27)16-5-17-37(30(31)41)18-22-10-14-24(15-11-22)32(33,34)35/h2-4,6-15,25-27,36H,5,16-19H2,1H3/t25-,26-,27-,31-/m1/s1. The molecule has 3 aromatic rings. The van der Waals surface area contributed by atoms with Crippen LogP contribution in [0.4, 0.5) is 13.2 Å². The van der Waals surface area contributed by atoms with Crippen LogP contribution in [-0.2, 0) is 33.6 Å². The zero-order chi connectivity index (χ0) is 28.9. The summed E-state index contributed by atoms with van der Waals surface area (Å²) >= 11 is 0. The molecule has 41 heavy (non-hydrogen) atoms. The Hall–Kier alpha value is -3.98. The van der Waals surface area contributed by atoms with Crippen LogP contribution < -0.4 is 5.32 Å². The van der Waals surface area contributed by atoms with Crippen LogP contribution in [0.5, 0.6) is 0 Å². The van der Waals surface area contributed by atoms with Gasteiger partial charge >= 0.3 is 6.18 Å². The first-order valence-corrected chi connectivity index (χ1v) is 13.8. The van der Waals surface area contributed by atoms with Crippen molar-refractivity contribution in [3.63, 3.8) is 0 Å². The van der Waals surface area contributed by atoms with Crippen LogP contribution in [0.2, 0.25) is 0 Å². The summed E-state index contributed by atoms with van der Waals surface area (Å²) in [7, 11) is 0. The Morgan fingerprint density at radius 3 is 2.17 bits per heavy atom. The quantitative estimate of drug-likeness (QED) is 0.445. The lowest BCUT2D eigenvalue weighted by molar-refractivity contribution is -0.150. The Morgan fingerprint density at radius 1 is 0.854 bits per heavy atom. The number of imide groups is 1. The maximum Gasteiger partial charge on any atom is 0.416 e. The fourth-order valence-corrected chi connectivity index (χ4v) is 6.68. The molecule has 3 amide bonds. The third-order valence-corrected chi connectivity index (χ3v) is 8.69. The summed E-state index contributed by atoms with van der Waals surface area (Å²) in [5.41, 5.74) is 1.22. The average molecular weight is 562 g/mol. The fourth-order valence-electron chi connectivity index (χ4n) is 6.68. The number of halogens is 3. The van der Waals surface area contributed by atoms with Crippen molar-refractivity contribution in [2.75, 3.05) is 6.54 Å². The first-order valence-electron chi connectivity index (χ1n) is 13.8. The number of carbonyl (C=O) groups excluding carboxylic acids is 3. The molecule has 0 saturated carbocycles. The van der Waals surface area contributed by atoms with Gasteiger partial charge < -0.3 is 4.90 Å². The van der Waals surface area contributed by atoms with Crippen LogP contribution in [0.3, 0.4) is 0 Å². The summed E-state index contributed by atoms with van der Waals surface area (Å²) in [5.74, 6) is -2.59. The zero-order valence-corrected chi connectivity index (χ0v) is 22.5. The van der Waals surface area contributed by atoms with Gasteiger partial charge in [-0.05, 0) is 48.6 Å². The van der Waals surface area contributed by atoms with Crippen LogP contribution in [0.25, 0.3) is 0 Å². The molecule has 3 fully saturated rings. The molecule has 0 unspecified atom stereocenters. The molecule has 1 N–H and O–H groups in total. The SMILES string of the molecule is Cc1ccc([C@H]2N[C@]3(CCCN(Cc4ccc(C(F)(F)F)cc4)C3=O)[C@H]3C(=O)N(Cc4ccccc4)C(=O)[C@@H]23)cc1. The molecule has 6 nitrogen and oxygen atoms in total. The van der Waals surface area contributed by atoms with E-state index in [1.807, 2.05) is 61.5 Å². The van der Waals surface area contributed by atoms with E-state index in [2.05, 4.69) is 5.32 Å². The van der Waals surface area contributed by atoms with E-state index in [-0.39, 0.29) is 30.8 Å². The number of amides is 3. The third kappa shape index (κ3) is 4.72. The smallest absolute Gasteiger partial charge is 0.337 e. The summed E-state index contributed by atoms with van der Waals surface area (Å²) in [5, 5.41) is 3.48. The molecule has 1 spiro atoms. The van der Waals surface area contributed by atoms with Crippen molar-refractivity contribution < 1.29 is 27.6 Å². The molecule has 6 rings (SSSR count). The summed E-state index contributed by atoms with van der Waals surface area (Å²) in [6.07, 6.45) is -3.47. The number of alkyl halides is 3. The number of carbonyl (C=O) groups is 3. The molecule has 3 aliphatic rings. The second-order valence-electron chi connectivity index (χ2n) is 11.3. The average Bonchev–Trinajstić information content (AvgIpc) is 3.42. The largest absolute Gasteiger partial charge is 0.416 e. The van der Waals surface area contributed by atoms with Crippen molar-refractivity contribution in [3.8, 4) is 0 Å². The molecule has 9 heteroatoms. The van der Waals surface area contributed by atoms with E-state index in [9.17, 15) is 27.6 Å². The molecule has 212 valence electrons. The number of nitrogens with one attached hydrogen (secondary N) is 1. The molecule has 3 heterocycles. The van der Waals surface area contributed by atoms with Gasteiger partial charge in [-0.1, -0.05) is 72.3 Å². The highest BCUT2D eigenvalue weighted by molar-refractivity contribution is 6.10. The Morgan fingerprint density at radius 2 is 1.51 bits per heavy atom. The summed E-state index contributed by atoms with van der Waals surface area (Å²) in [6, 6.07) is 21.3. The maximum absolute atomic E-state index is 14.3. The number of aryl methyl sites for hydroxylation is 1. The number of piperidine rings is 1. The van der Waals surface area contributed by atoms with E-state index in [1.54, 1.807) is 4.90 Å². The van der Waals surface area contributed by atoms with Crippen molar-refractivity contribution in [1.29, 1.82) is 0 Å². The first kappa shape index (κ1) is 27.2. The lowest BCUT2D eigenvalue weighted by Gasteiger charge is -2.42. The number of nitrogens with zero attached hydrogens (tertiary/aromatic N) is 2. The van der Waals surface area contributed by atoms with E-state index in [0.717, 1.165) is 28.8 Å². The van der Waals surface area contributed by atoms with Gasteiger partial charge in [0.1, 0.15) is 5.54 Å². The van der Waals surface area contributed by atoms with Gasteiger partial charge in [0.2, 0.25) is 17.7 Å². The van der Waals surface area contributed by atoms with Gasteiger partial charge in [-0.3, -0.25) is 24.6 Å². The highest BCUT2D eigenvalue weighted by Gasteiger charge is 2.69. The minimum atomic E-state index is -4.45. The summed E-state index contributed by atoms with van der Waals surface area (Å²) in [4.78, 5) is 45.1. The van der Waals surface area contributed by atoms with Gasteiger partial charge in [0.15, 0.2) is 0 Å². The van der Waals surface area contributed by atoms with Crippen LogP contribution in [-0.4, -0.2) is 39.6 Å². The zero-order valence-electron chi connectivity index (χ0n) is 22.5. The van der Waals surface area contributed by atoms with Crippen molar-refractivity contribution in [2.45, 2.75) is 50.6 Å². The number of likely N-dealkylation sites (tertiary alicyclic amines) is 2. The molecule has 4 atom stereocenters. The molecule has 3 saturated heterocycles. The normalized spacial score (nSPS) is 26.2. The second-order valence-corrected chi connectivity index (χ2v) is 11.3. The van der Waals surface area contributed by atoms with E-state index in [4.69, 9.17) is 0 Å². The lowest BCUT2D eigenvalue weighted by atomic mass is 9.74. The van der Waals surface area contributed by atoms with Gasteiger partial charge in [-0.15, -0.1) is 0 Å². The van der Waals surface area contributed by atoms with Gasteiger partial charge in [0.25, 0.3) is 0 Å². The monoisotopic (exact) mass is 561 g/mol. The van der Waals surface area contributed by atoms with Crippen LogP contribution in [0, 0.1) is 18.8 Å².